The summed E-state index contributed by atoms with van der Waals surface area (Å²) in [5, 5.41) is 16.9. The van der Waals surface area contributed by atoms with Gasteiger partial charge >= 0.3 is 0 Å². The van der Waals surface area contributed by atoms with E-state index in [1.807, 2.05) is 55.8 Å². The van der Waals surface area contributed by atoms with Crippen LogP contribution in [0.15, 0.2) is 30.3 Å². The molecule has 0 aliphatic rings. The molecule has 1 amide bonds. The Labute approximate surface area is 137 Å². The van der Waals surface area contributed by atoms with Crippen LogP contribution < -0.4 is 5.32 Å². The molecule has 0 saturated heterocycles. The Bertz CT molecular complexity index is 647. The van der Waals surface area contributed by atoms with Crippen LogP contribution in [0.1, 0.15) is 47.1 Å². The van der Waals surface area contributed by atoms with Crippen LogP contribution in [0.5, 0.6) is 0 Å². The summed E-state index contributed by atoms with van der Waals surface area (Å²) in [5.74, 6) is -0.155. The Hall–Kier alpha value is -2.14. The van der Waals surface area contributed by atoms with Crippen molar-refractivity contribution >= 4 is 5.91 Å². The van der Waals surface area contributed by atoms with E-state index in [9.17, 15) is 9.90 Å². The van der Waals surface area contributed by atoms with Crippen LogP contribution in [0.4, 0.5) is 0 Å². The number of aliphatic hydroxyl groups is 1. The Morgan fingerprint density at radius 2 is 2.00 bits per heavy atom. The number of nitrogens with zero attached hydrogens (tertiary/aromatic N) is 2. The highest BCUT2D eigenvalue weighted by Gasteiger charge is 2.09. The third-order valence-electron chi connectivity index (χ3n) is 3.77. The van der Waals surface area contributed by atoms with E-state index < -0.39 is 6.10 Å². The monoisotopic (exact) mass is 315 g/mol. The molecule has 0 spiro atoms. The first-order chi connectivity index (χ1) is 11.0. The molecular weight excluding hydrogens is 290 g/mol. The lowest BCUT2D eigenvalue weighted by atomic mass is 10.1. The maximum absolute atomic E-state index is 12.0. The van der Waals surface area contributed by atoms with Gasteiger partial charge in [0.1, 0.15) is 0 Å². The minimum atomic E-state index is -0.478. The second-order valence-electron chi connectivity index (χ2n) is 5.93. The van der Waals surface area contributed by atoms with Crippen molar-refractivity contribution in [3.63, 3.8) is 0 Å². The molecule has 0 fully saturated rings. The third-order valence-corrected chi connectivity index (χ3v) is 3.77. The molecule has 2 rings (SSSR count). The molecular formula is C18H25N3O2. The van der Waals surface area contributed by atoms with E-state index in [0.717, 1.165) is 23.4 Å². The molecule has 1 unspecified atom stereocenters. The number of rotatable bonds is 7. The van der Waals surface area contributed by atoms with Crippen molar-refractivity contribution in [3.8, 4) is 0 Å². The second kappa shape index (κ2) is 7.92. The van der Waals surface area contributed by atoms with Gasteiger partial charge < -0.3 is 10.4 Å². The molecule has 23 heavy (non-hydrogen) atoms. The zero-order valence-electron chi connectivity index (χ0n) is 14.0. The number of carbonyl (C=O) groups is 1. The molecule has 2 N–H and O–H groups in total. The predicted octanol–water partition coefficient (Wildman–Crippen LogP) is 2.44. The van der Waals surface area contributed by atoms with E-state index in [-0.39, 0.29) is 5.91 Å². The van der Waals surface area contributed by atoms with Crippen molar-refractivity contribution in [2.45, 2.75) is 46.3 Å². The van der Waals surface area contributed by atoms with Gasteiger partial charge in [-0.1, -0.05) is 25.5 Å². The van der Waals surface area contributed by atoms with Crippen molar-refractivity contribution in [3.05, 3.63) is 52.8 Å². The number of benzene rings is 1. The molecule has 1 aromatic heterocycles. The van der Waals surface area contributed by atoms with Crippen LogP contribution in [0.3, 0.4) is 0 Å². The quantitative estimate of drug-likeness (QED) is 0.824. The normalized spacial score (nSPS) is 12.2. The van der Waals surface area contributed by atoms with Gasteiger partial charge in [0.2, 0.25) is 0 Å². The summed E-state index contributed by atoms with van der Waals surface area (Å²) in [7, 11) is 0. The van der Waals surface area contributed by atoms with Crippen LogP contribution in [0, 0.1) is 13.8 Å². The molecule has 1 aromatic carbocycles. The number of amides is 1. The summed E-state index contributed by atoms with van der Waals surface area (Å²) < 4.78 is 1.95. The lowest BCUT2D eigenvalue weighted by molar-refractivity contribution is 0.0910. The number of hydrogen-bond acceptors (Lipinski definition) is 3. The second-order valence-corrected chi connectivity index (χ2v) is 5.93. The van der Waals surface area contributed by atoms with E-state index in [1.165, 1.54) is 0 Å². The number of aromatic nitrogens is 2. The molecule has 0 bridgehead atoms. The standard InChI is InChI=1S/C18H25N3O2/c1-4-5-17(22)11-19-18(23)16-8-6-15(7-9-16)12-21-14(3)10-13(2)20-21/h6-10,17,22H,4-5,11-12H2,1-3H3,(H,19,23). The first-order valence-corrected chi connectivity index (χ1v) is 8.06. The van der Waals surface area contributed by atoms with Crippen molar-refractivity contribution in [1.29, 1.82) is 0 Å². The SMILES string of the molecule is CCCC(O)CNC(=O)c1ccc(Cn2nc(C)cc2C)cc1. The summed E-state index contributed by atoms with van der Waals surface area (Å²) >= 11 is 0. The number of aryl methyl sites for hydroxylation is 2. The number of aliphatic hydroxyl groups excluding tert-OH is 1. The largest absolute Gasteiger partial charge is 0.391 e. The molecule has 0 saturated carbocycles. The van der Waals surface area contributed by atoms with Crippen molar-refractivity contribution in [2.24, 2.45) is 0 Å². The highest BCUT2D eigenvalue weighted by molar-refractivity contribution is 5.94. The van der Waals surface area contributed by atoms with Crippen LogP contribution in [-0.2, 0) is 6.54 Å². The molecule has 5 nitrogen and oxygen atoms in total. The zero-order chi connectivity index (χ0) is 16.8. The first-order valence-electron chi connectivity index (χ1n) is 8.06. The summed E-state index contributed by atoms with van der Waals surface area (Å²) in [6.07, 6.45) is 1.12. The smallest absolute Gasteiger partial charge is 0.251 e. The van der Waals surface area contributed by atoms with Gasteiger partial charge in [0.25, 0.3) is 5.91 Å². The minimum absolute atomic E-state index is 0.155. The van der Waals surface area contributed by atoms with Crippen LogP contribution in [0.2, 0.25) is 0 Å². The van der Waals surface area contributed by atoms with Gasteiger partial charge in [-0.2, -0.15) is 5.10 Å². The van der Waals surface area contributed by atoms with E-state index in [2.05, 4.69) is 10.4 Å². The molecule has 0 aliphatic heterocycles. The van der Waals surface area contributed by atoms with E-state index >= 15 is 0 Å². The van der Waals surface area contributed by atoms with Gasteiger partial charge in [-0.3, -0.25) is 9.48 Å². The lowest BCUT2D eigenvalue weighted by Crippen LogP contribution is -2.31. The molecule has 1 heterocycles. The van der Waals surface area contributed by atoms with Crippen molar-refractivity contribution < 1.29 is 9.90 Å². The van der Waals surface area contributed by atoms with Crippen molar-refractivity contribution in [1.82, 2.24) is 15.1 Å². The Kier molecular flexibility index (Phi) is 5.93. The van der Waals surface area contributed by atoms with Gasteiger partial charge in [-0.25, -0.2) is 0 Å². The summed E-state index contributed by atoms with van der Waals surface area (Å²) in [6.45, 7) is 7.00. The minimum Gasteiger partial charge on any atom is -0.391 e. The van der Waals surface area contributed by atoms with Gasteiger partial charge in [0, 0.05) is 17.8 Å². The molecule has 5 heteroatoms. The van der Waals surface area contributed by atoms with Crippen molar-refractivity contribution in [2.75, 3.05) is 6.54 Å². The summed E-state index contributed by atoms with van der Waals surface area (Å²) in [5.41, 5.74) is 3.82. The van der Waals surface area contributed by atoms with Gasteiger partial charge in [0.05, 0.1) is 18.3 Å². The van der Waals surface area contributed by atoms with E-state index in [0.29, 0.717) is 25.1 Å². The van der Waals surface area contributed by atoms with Gasteiger partial charge in [0.15, 0.2) is 0 Å². The Morgan fingerprint density at radius 3 is 2.57 bits per heavy atom. The highest BCUT2D eigenvalue weighted by Crippen LogP contribution is 2.09. The predicted molar refractivity (Wildman–Crippen MR) is 90.5 cm³/mol. The Morgan fingerprint density at radius 1 is 1.30 bits per heavy atom. The fraction of sp³-hybridized carbons (Fsp3) is 0.444. The maximum atomic E-state index is 12.0. The van der Waals surface area contributed by atoms with Gasteiger partial charge in [-0.05, 0) is 44.0 Å². The summed E-state index contributed by atoms with van der Waals surface area (Å²) in [4.78, 5) is 12.0. The molecule has 0 radical (unpaired) electrons. The fourth-order valence-corrected chi connectivity index (χ4v) is 2.52. The highest BCUT2D eigenvalue weighted by atomic mass is 16.3. The van der Waals surface area contributed by atoms with Crippen LogP contribution in [-0.4, -0.2) is 33.4 Å². The van der Waals surface area contributed by atoms with Crippen LogP contribution in [0.25, 0.3) is 0 Å². The van der Waals surface area contributed by atoms with Crippen LogP contribution >= 0.6 is 0 Å². The van der Waals surface area contributed by atoms with E-state index in [1.54, 1.807) is 0 Å². The lowest BCUT2D eigenvalue weighted by Gasteiger charge is -2.11. The Balaban J connectivity index is 1.93. The molecule has 124 valence electrons. The zero-order valence-corrected chi connectivity index (χ0v) is 14.0. The summed E-state index contributed by atoms with van der Waals surface area (Å²) in [6, 6.07) is 9.54. The van der Waals surface area contributed by atoms with Gasteiger partial charge in [-0.15, -0.1) is 0 Å². The first kappa shape index (κ1) is 17.2. The average molecular weight is 315 g/mol. The van der Waals surface area contributed by atoms with E-state index in [4.69, 9.17) is 0 Å². The average Bonchev–Trinajstić information content (AvgIpc) is 2.83. The number of nitrogens with one attached hydrogen (secondary N) is 1. The molecule has 0 aliphatic carbocycles. The number of carbonyl (C=O) groups excluding carboxylic acids is 1. The topological polar surface area (TPSA) is 67.2 Å². The molecule has 2 aromatic rings. The fourth-order valence-electron chi connectivity index (χ4n) is 2.52. The number of hydrogen-bond donors (Lipinski definition) is 2. The molecule has 1 atom stereocenters. The third kappa shape index (κ3) is 4.93. The maximum Gasteiger partial charge on any atom is 0.251 e.